The van der Waals surface area contributed by atoms with E-state index in [1.807, 2.05) is 20.8 Å². The quantitative estimate of drug-likeness (QED) is 0.197. The lowest BCUT2D eigenvalue weighted by Gasteiger charge is -2.32. The SMILES string of the molecule is CCCCC[C@H](C)C1NS(=O)(=O)OCC[C@H]1OC.CCCCC[C@H](C)[C@@H](NC(=O)OC(C)(C)C)[C@@H](CCC#N)OC. The van der Waals surface area contributed by atoms with E-state index < -0.39 is 22.0 Å². The maximum Gasteiger partial charge on any atom is 0.407 e. The summed E-state index contributed by atoms with van der Waals surface area (Å²) < 4.78 is 46.9. The maximum atomic E-state index is 12.1. The lowest BCUT2D eigenvalue weighted by molar-refractivity contribution is 0.0204. The highest BCUT2D eigenvalue weighted by molar-refractivity contribution is 7.84. The second-order valence-electron chi connectivity index (χ2n) is 12.1. The van der Waals surface area contributed by atoms with Crippen LogP contribution in [0.4, 0.5) is 4.79 Å². The predicted octanol–water partition coefficient (Wildman–Crippen LogP) is 6.26. The summed E-state index contributed by atoms with van der Waals surface area (Å²) in [7, 11) is -0.366. The topological polar surface area (TPSA) is 136 Å². The lowest BCUT2D eigenvalue weighted by Crippen LogP contribution is -2.49. The summed E-state index contributed by atoms with van der Waals surface area (Å²) in [6.07, 6.45) is 9.84. The molecule has 1 amide bonds. The van der Waals surface area contributed by atoms with Gasteiger partial charge in [-0.2, -0.15) is 18.4 Å². The molecule has 0 radical (unpaired) electrons. The molecule has 0 bridgehead atoms. The molecule has 6 atom stereocenters. The third kappa shape index (κ3) is 18.0. The molecule has 10 nitrogen and oxygen atoms in total. The van der Waals surface area contributed by atoms with Crippen LogP contribution in [-0.2, 0) is 28.7 Å². The van der Waals surface area contributed by atoms with Crippen LogP contribution in [0.5, 0.6) is 0 Å². The Hall–Kier alpha value is -1.45. The van der Waals surface area contributed by atoms with E-state index in [0.29, 0.717) is 19.3 Å². The molecule has 2 N–H and O–H groups in total. The zero-order valence-corrected chi connectivity index (χ0v) is 28.0. The molecule has 1 unspecified atom stereocenters. The molecule has 1 aliphatic rings. The number of nitrogens with one attached hydrogen (secondary N) is 2. The molecule has 1 heterocycles. The van der Waals surface area contributed by atoms with Crippen molar-refractivity contribution >= 4 is 16.4 Å². The Morgan fingerprint density at radius 2 is 1.68 bits per heavy atom. The Morgan fingerprint density at radius 3 is 2.20 bits per heavy atom. The standard InChI is InChI=1S/C18H34N2O3.C12H25NO4S/c1-7-8-9-11-14(2)16(15(22-6)12-10-13-19)20-17(21)23-18(3,4)5;1-4-5-6-7-10(2)12-11(16-3)8-9-17-18(14,15)13-12/h14-16H,7-12H2,1-6H3,(H,20,21);10-13H,4-9H2,1-3H3/t14-,15+,16+;10-,11+,12?/m00/s1. The van der Waals surface area contributed by atoms with Crippen LogP contribution in [-0.4, -0.2) is 65.2 Å². The largest absolute Gasteiger partial charge is 0.444 e. The highest BCUT2D eigenvalue weighted by Gasteiger charge is 2.34. The number of methoxy groups -OCH3 is 2. The van der Waals surface area contributed by atoms with Gasteiger partial charge in [0.1, 0.15) is 5.60 Å². The first-order chi connectivity index (χ1) is 19.2. The van der Waals surface area contributed by atoms with Crippen molar-refractivity contribution in [2.45, 2.75) is 149 Å². The third-order valence-corrected chi connectivity index (χ3v) is 8.34. The smallest absolute Gasteiger partial charge is 0.407 e. The number of ether oxygens (including phenoxy) is 3. The fourth-order valence-corrected chi connectivity index (χ4v) is 6.07. The molecule has 0 aromatic heterocycles. The van der Waals surface area contributed by atoms with Crippen molar-refractivity contribution in [3.8, 4) is 6.07 Å². The Morgan fingerprint density at radius 1 is 1.07 bits per heavy atom. The summed E-state index contributed by atoms with van der Waals surface area (Å²) in [5.41, 5.74) is -0.532. The van der Waals surface area contributed by atoms with Crippen molar-refractivity contribution in [1.29, 1.82) is 5.26 Å². The molecule has 0 spiro atoms. The van der Waals surface area contributed by atoms with Gasteiger partial charge in [-0.15, -0.1) is 0 Å². The second-order valence-corrected chi connectivity index (χ2v) is 13.5. The van der Waals surface area contributed by atoms with Crippen LogP contribution in [0.15, 0.2) is 0 Å². The molecular formula is C30H59N3O7S. The minimum Gasteiger partial charge on any atom is -0.444 e. The monoisotopic (exact) mass is 605 g/mol. The van der Waals surface area contributed by atoms with E-state index in [4.69, 9.17) is 23.7 Å². The number of hydrogen-bond acceptors (Lipinski definition) is 8. The molecule has 1 rings (SSSR count). The lowest BCUT2D eigenvalue weighted by atomic mass is 9.89. The van der Waals surface area contributed by atoms with Crippen LogP contribution in [0.3, 0.4) is 0 Å². The number of amides is 1. The first-order valence-electron chi connectivity index (χ1n) is 15.3. The zero-order valence-electron chi connectivity index (χ0n) is 27.2. The van der Waals surface area contributed by atoms with Gasteiger partial charge in [-0.3, -0.25) is 4.18 Å². The second kappa shape index (κ2) is 21.3. The Balaban J connectivity index is 0.000000802. The average Bonchev–Trinajstić information content (AvgIpc) is 3.05. The summed E-state index contributed by atoms with van der Waals surface area (Å²) in [6, 6.07) is 1.80. The Bertz CT molecular complexity index is 842. The summed E-state index contributed by atoms with van der Waals surface area (Å²) in [5.74, 6) is 0.510. The fourth-order valence-electron chi connectivity index (χ4n) is 4.96. The van der Waals surface area contributed by atoms with E-state index in [2.05, 4.69) is 43.8 Å². The number of unbranched alkanes of at least 4 members (excludes halogenated alkanes) is 4. The number of carbonyl (C=O) groups is 1. The number of hydrogen-bond donors (Lipinski definition) is 2. The number of rotatable bonds is 16. The highest BCUT2D eigenvalue weighted by atomic mass is 32.2. The molecule has 0 aromatic rings. The van der Waals surface area contributed by atoms with Crippen LogP contribution in [0, 0.1) is 23.2 Å². The first-order valence-corrected chi connectivity index (χ1v) is 16.7. The molecule has 41 heavy (non-hydrogen) atoms. The molecule has 1 aliphatic heterocycles. The number of nitriles is 1. The molecule has 1 fully saturated rings. The number of carbonyl (C=O) groups excluding carboxylic acids is 1. The van der Waals surface area contributed by atoms with Crippen molar-refractivity contribution in [1.82, 2.24) is 10.0 Å². The van der Waals surface area contributed by atoms with Crippen molar-refractivity contribution in [2.75, 3.05) is 20.8 Å². The molecule has 1 saturated heterocycles. The van der Waals surface area contributed by atoms with E-state index in [9.17, 15) is 13.2 Å². The molecule has 0 saturated carbocycles. The van der Waals surface area contributed by atoms with E-state index in [1.54, 1.807) is 14.2 Å². The van der Waals surface area contributed by atoms with Gasteiger partial charge >= 0.3 is 16.4 Å². The van der Waals surface area contributed by atoms with Gasteiger partial charge in [0.05, 0.1) is 37.0 Å². The van der Waals surface area contributed by atoms with Gasteiger partial charge < -0.3 is 19.5 Å². The fraction of sp³-hybridized carbons (Fsp3) is 0.933. The van der Waals surface area contributed by atoms with Gasteiger partial charge in [-0.1, -0.05) is 66.2 Å². The van der Waals surface area contributed by atoms with Gasteiger partial charge in [0.2, 0.25) is 0 Å². The Kier molecular flexibility index (Phi) is 20.5. The number of alkyl carbamates (subject to hydrolysis) is 1. The van der Waals surface area contributed by atoms with Crippen LogP contribution in [0.25, 0.3) is 0 Å². The summed E-state index contributed by atoms with van der Waals surface area (Å²) in [6.45, 7) is 14.2. The van der Waals surface area contributed by atoms with Crippen molar-refractivity contribution in [3.05, 3.63) is 0 Å². The van der Waals surface area contributed by atoms with E-state index in [-0.39, 0.29) is 42.7 Å². The van der Waals surface area contributed by atoms with Crippen molar-refractivity contribution < 1.29 is 31.6 Å². The first kappa shape index (κ1) is 39.5. The van der Waals surface area contributed by atoms with Crippen molar-refractivity contribution in [2.24, 2.45) is 11.8 Å². The number of nitrogens with zero attached hydrogens (tertiary/aromatic N) is 1. The van der Waals surface area contributed by atoms with E-state index in [0.717, 1.165) is 25.7 Å². The third-order valence-electron chi connectivity index (χ3n) is 7.30. The van der Waals surface area contributed by atoms with E-state index in [1.165, 1.54) is 25.7 Å². The Labute approximate surface area is 250 Å². The molecule has 0 aromatic carbocycles. The zero-order chi connectivity index (χ0) is 31.5. The van der Waals surface area contributed by atoms with Gasteiger partial charge in [-0.25, -0.2) is 4.79 Å². The van der Waals surface area contributed by atoms with Gasteiger partial charge in [0.25, 0.3) is 0 Å². The van der Waals surface area contributed by atoms with Crippen LogP contribution in [0.2, 0.25) is 0 Å². The molecule has 242 valence electrons. The maximum absolute atomic E-state index is 12.1. The van der Waals surface area contributed by atoms with Crippen LogP contribution in [0.1, 0.15) is 119 Å². The normalized spacial score (nSPS) is 21.7. The minimum absolute atomic E-state index is 0.112. The van der Waals surface area contributed by atoms with E-state index >= 15 is 0 Å². The summed E-state index contributed by atoms with van der Waals surface area (Å²) >= 11 is 0. The molecule has 11 heteroatoms. The van der Waals surface area contributed by atoms with Crippen LogP contribution < -0.4 is 10.0 Å². The van der Waals surface area contributed by atoms with Gasteiger partial charge in [0.15, 0.2) is 0 Å². The summed E-state index contributed by atoms with van der Waals surface area (Å²) in [5, 5.41) is 11.8. The average molecular weight is 606 g/mol. The minimum atomic E-state index is -3.62. The van der Waals surface area contributed by atoms with Crippen LogP contribution >= 0.6 is 0 Å². The van der Waals surface area contributed by atoms with Crippen molar-refractivity contribution in [3.63, 3.8) is 0 Å². The molecule has 0 aliphatic carbocycles. The summed E-state index contributed by atoms with van der Waals surface area (Å²) in [4.78, 5) is 12.1. The molecular weight excluding hydrogens is 546 g/mol. The van der Waals surface area contributed by atoms with Gasteiger partial charge in [0, 0.05) is 20.6 Å². The van der Waals surface area contributed by atoms with Gasteiger partial charge in [-0.05, 0) is 58.3 Å². The highest BCUT2D eigenvalue weighted by Crippen LogP contribution is 2.23. The predicted molar refractivity (Wildman–Crippen MR) is 163 cm³/mol.